The topological polar surface area (TPSA) is 43.9 Å². The summed E-state index contributed by atoms with van der Waals surface area (Å²) in [6, 6.07) is 21.2. The maximum atomic E-state index is 13.3. The molecule has 3 heterocycles. The number of amides is 2. The summed E-state index contributed by atoms with van der Waals surface area (Å²) in [5.74, 6) is 0.258. The Morgan fingerprint density at radius 3 is 2.49 bits per heavy atom. The summed E-state index contributed by atoms with van der Waals surface area (Å²) >= 11 is 1.84. The molecular formula is C33H41N3O2S. The number of thiophene rings is 1. The highest BCUT2D eigenvalue weighted by Crippen LogP contribution is 2.37. The first-order chi connectivity index (χ1) is 19.0. The molecule has 0 spiro atoms. The largest absolute Gasteiger partial charge is 0.339 e. The molecule has 5 nitrogen and oxygen atoms in total. The standard InChI is InChI=1S/C33H41N3O2S/c1-3-4-6-9-26-12-14-28(15-13-26)33(38)36-22-21-35(24-25(36)2)31(37)17-20-34-19-16-30-29(18-23-39-30)32(34)27-10-7-5-8-11-27/h5,7-8,10-15,18,23,25,32H,3-4,6,9,16-17,19-22,24H2,1-2H3. The van der Waals surface area contributed by atoms with Gasteiger partial charge in [-0.1, -0.05) is 62.2 Å². The number of hydrogen-bond acceptors (Lipinski definition) is 4. The zero-order valence-electron chi connectivity index (χ0n) is 23.4. The number of aryl methyl sites for hydroxylation is 1. The van der Waals surface area contributed by atoms with E-state index in [-0.39, 0.29) is 23.9 Å². The van der Waals surface area contributed by atoms with Gasteiger partial charge in [0.1, 0.15) is 0 Å². The van der Waals surface area contributed by atoms with Gasteiger partial charge in [-0.3, -0.25) is 14.5 Å². The van der Waals surface area contributed by atoms with Crippen LogP contribution in [0.15, 0.2) is 66.0 Å². The van der Waals surface area contributed by atoms with Crippen LogP contribution in [0.25, 0.3) is 0 Å². The molecule has 206 valence electrons. The lowest BCUT2D eigenvalue weighted by molar-refractivity contribution is -0.134. The Bertz CT molecular complexity index is 1240. The first kappa shape index (κ1) is 27.6. The van der Waals surface area contributed by atoms with E-state index in [2.05, 4.69) is 72.7 Å². The molecule has 0 saturated carbocycles. The molecule has 2 aliphatic heterocycles. The van der Waals surface area contributed by atoms with Crippen LogP contribution in [0, 0.1) is 0 Å². The lowest BCUT2D eigenvalue weighted by Crippen LogP contribution is -2.55. The van der Waals surface area contributed by atoms with Crippen molar-refractivity contribution in [3.63, 3.8) is 0 Å². The zero-order valence-corrected chi connectivity index (χ0v) is 24.2. The van der Waals surface area contributed by atoms with Crippen LogP contribution < -0.4 is 0 Å². The Labute approximate surface area is 237 Å². The second-order valence-electron chi connectivity index (χ2n) is 11.0. The highest BCUT2D eigenvalue weighted by Gasteiger charge is 2.32. The van der Waals surface area contributed by atoms with Crippen molar-refractivity contribution in [1.82, 2.24) is 14.7 Å². The number of carbonyl (C=O) groups excluding carboxylic acids is 2. The van der Waals surface area contributed by atoms with Gasteiger partial charge in [-0.15, -0.1) is 11.3 Å². The van der Waals surface area contributed by atoms with E-state index >= 15 is 0 Å². The molecule has 1 saturated heterocycles. The van der Waals surface area contributed by atoms with Crippen LogP contribution in [-0.4, -0.2) is 65.3 Å². The molecule has 2 aromatic carbocycles. The van der Waals surface area contributed by atoms with Crippen molar-refractivity contribution in [3.05, 3.63) is 93.2 Å². The van der Waals surface area contributed by atoms with Crippen LogP contribution in [0.1, 0.15) is 77.5 Å². The van der Waals surface area contributed by atoms with E-state index in [4.69, 9.17) is 0 Å². The Morgan fingerprint density at radius 1 is 0.949 bits per heavy atom. The molecule has 3 aromatic rings. The van der Waals surface area contributed by atoms with Gasteiger partial charge in [-0.05, 0) is 66.5 Å². The Balaban J connectivity index is 1.16. The minimum Gasteiger partial charge on any atom is -0.339 e. The van der Waals surface area contributed by atoms with Gasteiger partial charge in [0.05, 0.1) is 6.04 Å². The van der Waals surface area contributed by atoms with Crippen LogP contribution in [0.2, 0.25) is 0 Å². The molecule has 2 amide bonds. The van der Waals surface area contributed by atoms with Gasteiger partial charge in [-0.2, -0.15) is 0 Å². The van der Waals surface area contributed by atoms with Crippen LogP contribution in [0.3, 0.4) is 0 Å². The van der Waals surface area contributed by atoms with Crippen molar-refractivity contribution in [1.29, 1.82) is 0 Å². The smallest absolute Gasteiger partial charge is 0.254 e. The average molecular weight is 544 g/mol. The fraction of sp³-hybridized carbons (Fsp3) is 0.455. The van der Waals surface area contributed by atoms with Crippen molar-refractivity contribution in [2.75, 3.05) is 32.7 Å². The maximum Gasteiger partial charge on any atom is 0.254 e. The minimum absolute atomic E-state index is 0.000140. The summed E-state index contributed by atoms with van der Waals surface area (Å²) in [6.07, 6.45) is 6.26. The summed E-state index contributed by atoms with van der Waals surface area (Å²) in [5, 5.41) is 2.19. The molecule has 0 N–H and O–H groups in total. The van der Waals surface area contributed by atoms with E-state index in [9.17, 15) is 9.59 Å². The number of hydrogen-bond donors (Lipinski definition) is 0. The van der Waals surface area contributed by atoms with Crippen molar-refractivity contribution in [3.8, 4) is 0 Å². The van der Waals surface area contributed by atoms with E-state index in [1.165, 1.54) is 40.8 Å². The Kier molecular flexibility index (Phi) is 9.15. The summed E-state index contributed by atoms with van der Waals surface area (Å²) < 4.78 is 0. The molecule has 0 aliphatic carbocycles. The van der Waals surface area contributed by atoms with E-state index in [0.29, 0.717) is 26.1 Å². The molecule has 2 atom stereocenters. The fourth-order valence-electron chi connectivity index (χ4n) is 6.08. The molecular weight excluding hydrogens is 502 g/mol. The number of nitrogens with zero attached hydrogens (tertiary/aromatic N) is 3. The molecule has 1 aromatic heterocycles. The zero-order chi connectivity index (χ0) is 27.2. The first-order valence-electron chi connectivity index (χ1n) is 14.6. The fourth-order valence-corrected chi connectivity index (χ4v) is 6.98. The normalized spacial score (nSPS) is 19.6. The molecule has 2 aliphatic rings. The van der Waals surface area contributed by atoms with E-state index < -0.39 is 0 Å². The van der Waals surface area contributed by atoms with Gasteiger partial charge in [-0.25, -0.2) is 0 Å². The first-order valence-corrected chi connectivity index (χ1v) is 15.5. The van der Waals surface area contributed by atoms with Gasteiger partial charge in [0.15, 0.2) is 0 Å². The second kappa shape index (κ2) is 12.9. The van der Waals surface area contributed by atoms with E-state index in [0.717, 1.165) is 31.5 Å². The van der Waals surface area contributed by atoms with Crippen molar-refractivity contribution in [2.45, 2.75) is 64.5 Å². The number of carbonyl (C=O) groups is 2. The molecule has 2 unspecified atom stereocenters. The van der Waals surface area contributed by atoms with Crippen molar-refractivity contribution < 1.29 is 9.59 Å². The van der Waals surface area contributed by atoms with Gasteiger partial charge >= 0.3 is 0 Å². The summed E-state index contributed by atoms with van der Waals surface area (Å²) in [6.45, 7) is 7.76. The molecule has 0 bridgehead atoms. The van der Waals surface area contributed by atoms with E-state index in [1.807, 2.05) is 33.3 Å². The SMILES string of the molecule is CCCCCc1ccc(C(=O)N2CCN(C(=O)CCN3CCc4sccc4C3c3ccccc3)CC2C)cc1. The van der Waals surface area contributed by atoms with Crippen LogP contribution in [-0.2, 0) is 17.6 Å². The summed E-state index contributed by atoms with van der Waals surface area (Å²) in [5.41, 5.74) is 4.71. The lowest BCUT2D eigenvalue weighted by atomic mass is 9.93. The summed E-state index contributed by atoms with van der Waals surface area (Å²) in [4.78, 5) is 34.4. The molecule has 5 rings (SSSR count). The van der Waals surface area contributed by atoms with Crippen LogP contribution >= 0.6 is 11.3 Å². The van der Waals surface area contributed by atoms with Gasteiger partial charge in [0, 0.05) is 55.6 Å². The number of rotatable bonds is 9. The maximum absolute atomic E-state index is 13.3. The van der Waals surface area contributed by atoms with Crippen LogP contribution in [0.4, 0.5) is 0 Å². The van der Waals surface area contributed by atoms with Gasteiger partial charge < -0.3 is 9.80 Å². The van der Waals surface area contributed by atoms with Gasteiger partial charge in [0.2, 0.25) is 5.91 Å². The second-order valence-corrected chi connectivity index (χ2v) is 12.0. The predicted octanol–water partition coefficient (Wildman–Crippen LogP) is 6.19. The van der Waals surface area contributed by atoms with Crippen molar-refractivity contribution >= 4 is 23.2 Å². The average Bonchev–Trinajstić information content (AvgIpc) is 3.45. The monoisotopic (exact) mass is 543 g/mol. The number of fused-ring (bicyclic) bond motifs is 1. The predicted molar refractivity (Wildman–Crippen MR) is 159 cm³/mol. The Hall–Kier alpha value is -2.96. The summed E-state index contributed by atoms with van der Waals surface area (Å²) in [7, 11) is 0. The van der Waals surface area contributed by atoms with E-state index in [1.54, 1.807) is 0 Å². The third-order valence-corrected chi connectivity index (χ3v) is 9.30. The third-order valence-electron chi connectivity index (χ3n) is 8.30. The molecule has 6 heteroatoms. The number of benzene rings is 2. The van der Waals surface area contributed by atoms with Crippen LogP contribution in [0.5, 0.6) is 0 Å². The quantitative estimate of drug-likeness (QED) is 0.302. The third kappa shape index (κ3) is 6.44. The van der Waals surface area contributed by atoms with Gasteiger partial charge in [0.25, 0.3) is 5.91 Å². The molecule has 0 radical (unpaired) electrons. The highest BCUT2D eigenvalue weighted by atomic mass is 32.1. The molecule has 39 heavy (non-hydrogen) atoms. The lowest BCUT2D eigenvalue weighted by Gasteiger charge is -2.41. The highest BCUT2D eigenvalue weighted by molar-refractivity contribution is 7.10. The number of unbranched alkanes of at least 4 members (excludes halogenated alkanes) is 2. The van der Waals surface area contributed by atoms with Crippen molar-refractivity contribution in [2.24, 2.45) is 0 Å². The minimum atomic E-state index is -0.000140. The molecule has 1 fully saturated rings. The number of piperazine rings is 1. The Morgan fingerprint density at radius 2 is 1.74 bits per heavy atom.